The Kier molecular flexibility index (Phi) is 3.00. The van der Waals surface area contributed by atoms with E-state index in [9.17, 15) is 5.11 Å². The highest BCUT2D eigenvalue weighted by molar-refractivity contribution is 7.07. The molecule has 1 N–H and O–H groups in total. The summed E-state index contributed by atoms with van der Waals surface area (Å²) >= 11 is 1.74. The number of hydrogen-bond donors (Lipinski definition) is 1. The minimum Gasteiger partial charge on any atom is -0.393 e. The second-order valence-corrected chi connectivity index (χ2v) is 8.39. The van der Waals surface area contributed by atoms with Gasteiger partial charge in [-0.1, -0.05) is 0 Å². The molecule has 0 aromatic carbocycles. The van der Waals surface area contributed by atoms with Crippen molar-refractivity contribution in [2.45, 2.75) is 57.5 Å². The molecule has 0 spiro atoms. The highest BCUT2D eigenvalue weighted by Gasteiger charge is 2.51. The van der Waals surface area contributed by atoms with Crippen molar-refractivity contribution < 1.29 is 5.11 Å². The Balaban J connectivity index is 1.44. The molecule has 1 atom stereocenters. The molecule has 4 bridgehead atoms. The van der Waals surface area contributed by atoms with Crippen LogP contribution >= 0.6 is 11.3 Å². The third kappa shape index (κ3) is 2.38. The summed E-state index contributed by atoms with van der Waals surface area (Å²) in [5.41, 5.74) is 1.84. The zero-order chi connectivity index (χ0) is 12.9. The van der Waals surface area contributed by atoms with Crippen LogP contribution in [0.3, 0.4) is 0 Å². The molecule has 0 radical (unpaired) electrons. The van der Waals surface area contributed by atoms with Gasteiger partial charge in [0.2, 0.25) is 0 Å². The first-order valence-corrected chi connectivity index (χ1v) is 8.84. The van der Waals surface area contributed by atoms with Crippen molar-refractivity contribution >= 4 is 11.3 Å². The molecule has 2 heteroatoms. The second kappa shape index (κ2) is 4.60. The van der Waals surface area contributed by atoms with Crippen molar-refractivity contribution in [1.82, 2.24) is 0 Å². The minimum atomic E-state index is -0.120. The molecular formula is C17H24OS. The molecule has 1 unspecified atom stereocenters. The summed E-state index contributed by atoms with van der Waals surface area (Å²) in [7, 11) is 0. The fourth-order valence-corrected chi connectivity index (χ4v) is 6.47. The van der Waals surface area contributed by atoms with Gasteiger partial charge in [0.05, 0.1) is 6.10 Å². The van der Waals surface area contributed by atoms with Gasteiger partial charge in [-0.15, -0.1) is 0 Å². The van der Waals surface area contributed by atoms with Crippen LogP contribution in [0.1, 0.15) is 50.5 Å². The molecule has 0 amide bonds. The van der Waals surface area contributed by atoms with E-state index in [0.717, 1.165) is 30.6 Å². The summed E-state index contributed by atoms with van der Waals surface area (Å²) in [5, 5.41) is 14.8. The van der Waals surface area contributed by atoms with Gasteiger partial charge < -0.3 is 5.11 Å². The number of thiophene rings is 1. The lowest BCUT2D eigenvalue weighted by molar-refractivity contribution is -0.0756. The van der Waals surface area contributed by atoms with Crippen LogP contribution in [0.5, 0.6) is 0 Å². The van der Waals surface area contributed by atoms with Crippen LogP contribution < -0.4 is 0 Å². The maximum Gasteiger partial charge on any atom is 0.0586 e. The first-order chi connectivity index (χ1) is 9.21. The molecule has 19 heavy (non-hydrogen) atoms. The van der Waals surface area contributed by atoms with E-state index in [1.165, 1.54) is 44.1 Å². The van der Waals surface area contributed by atoms with Crippen LogP contribution in [0, 0.1) is 23.2 Å². The first-order valence-electron chi connectivity index (χ1n) is 7.90. The second-order valence-electron chi connectivity index (χ2n) is 7.61. The van der Waals surface area contributed by atoms with Crippen LogP contribution in [0.15, 0.2) is 16.8 Å². The number of hydrogen-bond acceptors (Lipinski definition) is 2. The van der Waals surface area contributed by atoms with E-state index in [1.54, 1.807) is 11.3 Å². The van der Waals surface area contributed by atoms with E-state index in [0.29, 0.717) is 5.41 Å². The Morgan fingerprint density at radius 3 is 2.32 bits per heavy atom. The lowest BCUT2D eigenvalue weighted by Gasteiger charge is -2.57. The van der Waals surface area contributed by atoms with Crippen molar-refractivity contribution in [1.29, 1.82) is 0 Å². The molecule has 4 fully saturated rings. The van der Waals surface area contributed by atoms with Crippen LogP contribution in [0.4, 0.5) is 0 Å². The molecule has 5 rings (SSSR count). The Bertz CT molecular complexity index is 401. The Morgan fingerprint density at radius 2 is 1.79 bits per heavy atom. The molecule has 1 aromatic rings. The van der Waals surface area contributed by atoms with Crippen molar-refractivity contribution in [2.24, 2.45) is 23.2 Å². The number of rotatable bonds is 4. The highest BCUT2D eigenvalue weighted by Crippen LogP contribution is 2.61. The maximum absolute atomic E-state index is 10.5. The van der Waals surface area contributed by atoms with Gasteiger partial charge in [0.1, 0.15) is 0 Å². The molecule has 104 valence electrons. The summed E-state index contributed by atoms with van der Waals surface area (Å²) < 4.78 is 0. The molecule has 1 aromatic heterocycles. The van der Waals surface area contributed by atoms with Crippen LogP contribution in [-0.4, -0.2) is 11.2 Å². The van der Waals surface area contributed by atoms with Gasteiger partial charge in [0.15, 0.2) is 0 Å². The van der Waals surface area contributed by atoms with Crippen LogP contribution in [-0.2, 0) is 6.42 Å². The summed E-state index contributed by atoms with van der Waals surface area (Å²) in [6.45, 7) is 0. The third-order valence-electron chi connectivity index (χ3n) is 5.89. The van der Waals surface area contributed by atoms with Gasteiger partial charge in [0.25, 0.3) is 0 Å². The lowest BCUT2D eigenvalue weighted by atomic mass is 9.48. The van der Waals surface area contributed by atoms with E-state index in [-0.39, 0.29) is 6.10 Å². The summed E-state index contributed by atoms with van der Waals surface area (Å²) in [6.07, 6.45) is 10.6. The van der Waals surface area contributed by atoms with Crippen LogP contribution in [0.25, 0.3) is 0 Å². The van der Waals surface area contributed by atoms with E-state index in [1.807, 2.05) is 0 Å². The van der Waals surface area contributed by atoms with Crippen molar-refractivity contribution in [3.05, 3.63) is 22.4 Å². The zero-order valence-corrected chi connectivity index (χ0v) is 12.4. The first kappa shape index (κ1) is 12.4. The van der Waals surface area contributed by atoms with Gasteiger partial charge in [0, 0.05) is 0 Å². The third-order valence-corrected chi connectivity index (χ3v) is 6.62. The Labute approximate surface area is 120 Å². The summed E-state index contributed by atoms with van der Waals surface area (Å²) in [4.78, 5) is 0. The largest absolute Gasteiger partial charge is 0.393 e. The van der Waals surface area contributed by atoms with Gasteiger partial charge in [-0.25, -0.2) is 0 Å². The monoisotopic (exact) mass is 276 g/mol. The van der Waals surface area contributed by atoms with E-state index < -0.39 is 0 Å². The molecule has 4 saturated carbocycles. The Hall–Kier alpha value is -0.340. The van der Waals surface area contributed by atoms with E-state index >= 15 is 0 Å². The highest BCUT2D eigenvalue weighted by atomic mass is 32.1. The minimum absolute atomic E-state index is 0.120. The van der Waals surface area contributed by atoms with Crippen molar-refractivity contribution in [3.63, 3.8) is 0 Å². The average molecular weight is 276 g/mol. The molecule has 0 aliphatic heterocycles. The molecule has 4 aliphatic rings. The standard InChI is InChI=1S/C17H24OS/c18-16(6-12-1-2-19-11-12)10-17-7-13-3-14(8-17)5-15(4-13)9-17/h1-2,11,13-16,18H,3-10H2. The van der Waals surface area contributed by atoms with Gasteiger partial charge >= 0.3 is 0 Å². The predicted molar refractivity (Wildman–Crippen MR) is 79.3 cm³/mol. The SMILES string of the molecule is OC(Cc1ccsc1)CC12CC3CC(CC(C3)C1)C2. The predicted octanol–water partition coefficient (Wildman–Crippen LogP) is 4.26. The summed E-state index contributed by atoms with van der Waals surface area (Å²) in [5.74, 6) is 3.00. The van der Waals surface area contributed by atoms with Crippen LogP contribution in [0.2, 0.25) is 0 Å². The summed E-state index contributed by atoms with van der Waals surface area (Å²) in [6, 6.07) is 2.16. The maximum atomic E-state index is 10.5. The quantitative estimate of drug-likeness (QED) is 0.871. The van der Waals surface area contributed by atoms with Gasteiger partial charge in [-0.3, -0.25) is 0 Å². The van der Waals surface area contributed by atoms with Gasteiger partial charge in [-0.05, 0) is 96.9 Å². The smallest absolute Gasteiger partial charge is 0.0586 e. The van der Waals surface area contributed by atoms with Crippen molar-refractivity contribution in [2.75, 3.05) is 0 Å². The average Bonchev–Trinajstić information content (AvgIpc) is 2.78. The molecule has 1 heterocycles. The number of aliphatic hydroxyl groups is 1. The van der Waals surface area contributed by atoms with Gasteiger partial charge in [-0.2, -0.15) is 11.3 Å². The Morgan fingerprint density at radius 1 is 1.16 bits per heavy atom. The molecular weight excluding hydrogens is 252 g/mol. The zero-order valence-electron chi connectivity index (χ0n) is 11.6. The number of aliphatic hydroxyl groups excluding tert-OH is 1. The lowest BCUT2D eigenvalue weighted by Crippen LogP contribution is -2.47. The normalized spacial score (nSPS) is 41.6. The molecule has 1 nitrogen and oxygen atoms in total. The van der Waals surface area contributed by atoms with E-state index in [2.05, 4.69) is 16.8 Å². The molecule has 0 saturated heterocycles. The van der Waals surface area contributed by atoms with E-state index in [4.69, 9.17) is 0 Å². The fraction of sp³-hybridized carbons (Fsp3) is 0.765. The fourth-order valence-electron chi connectivity index (χ4n) is 5.79. The molecule has 4 aliphatic carbocycles. The topological polar surface area (TPSA) is 20.2 Å². The van der Waals surface area contributed by atoms with Crippen molar-refractivity contribution in [3.8, 4) is 0 Å².